The van der Waals surface area contributed by atoms with Crippen LogP contribution in [0.4, 0.5) is 5.95 Å². The number of aromatic nitrogens is 4. The Balaban J connectivity index is 2.02. The third-order valence-electron chi connectivity index (χ3n) is 2.90. The molecule has 2 aromatic heterocycles. The Morgan fingerprint density at radius 2 is 2.41 bits per heavy atom. The van der Waals surface area contributed by atoms with Crippen molar-refractivity contribution in [3.8, 4) is 0 Å². The van der Waals surface area contributed by atoms with Gasteiger partial charge in [0.15, 0.2) is 5.82 Å². The maximum absolute atomic E-state index is 4.60. The molecule has 0 saturated carbocycles. The van der Waals surface area contributed by atoms with E-state index in [1.54, 1.807) is 11.3 Å². The summed E-state index contributed by atoms with van der Waals surface area (Å²) >= 11 is 1.68. The van der Waals surface area contributed by atoms with Crippen molar-refractivity contribution in [3.05, 3.63) is 22.4 Å². The Bertz CT molecular complexity index is 502. The van der Waals surface area contributed by atoms with Crippen LogP contribution < -0.4 is 5.32 Å². The molecule has 0 saturated heterocycles. The fraction of sp³-hybridized carbons (Fsp3) is 0.545. The van der Waals surface area contributed by atoms with E-state index >= 15 is 0 Å². The number of hydrogen-bond acceptors (Lipinski definition) is 5. The fourth-order valence-corrected chi connectivity index (χ4v) is 2.75. The zero-order valence-electron chi connectivity index (χ0n) is 9.92. The van der Waals surface area contributed by atoms with Crippen LogP contribution in [0.3, 0.4) is 0 Å². The molecule has 1 unspecified atom stereocenters. The minimum absolute atomic E-state index is 0.242. The van der Waals surface area contributed by atoms with E-state index in [9.17, 15) is 0 Å². The molecule has 1 aliphatic rings. The fourth-order valence-electron chi connectivity index (χ4n) is 1.99. The van der Waals surface area contributed by atoms with Gasteiger partial charge in [0.25, 0.3) is 0 Å². The van der Waals surface area contributed by atoms with Crippen LogP contribution in [-0.2, 0) is 0 Å². The summed E-state index contributed by atoms with van der Waals surface area (Å²) in [5.74, 6) is 2.13. The molecule has 5 nitrogen and oxygen atoms in total. The first kappa shape index (κ1) is 10.7. The lowest BCUT2D eigenvalue weighted by Gasteiger charge is -2.22. The second kappa shape index (κ2) is 4.10. The van der Waals surface area contributed by atoms with Crippen LogP contribution in [0.1, 0.15) is 43.1 Å². The van der Waals surface area contributed by atoms with Gasteiger partial charge in [-0.1, -0.05) is 13.8 Å². The van der Waals surface area contributed by atoms with Crippen molar-refractivity contribution in [1.82, 2.24) is 19.7 Å². The van der Waals surface area contributed by atoms with Gasteiger partial charge >= 0.3 is 0 Å². The summed E-state index contributed by atoms with van der Waals surface area (Å²) in [6, 6.07) is 0.242. The maximum Gasteiger partial charge on any atom is 0.222 e. The van der Waals surface area contributed by atoms with E-state index in [2.05, 4.69) is 34.2 Å². The summed E-state index contributed by atoms with van der Waals surface area (Å²) in [5.41, 5.74) is 0. The largest absolute Gasteiger partial charge is 0.354 e. The lowest BCUT2D eigenvalue weighted by Crippen LogP contribution is -2.24. The van der Waals surface area contributed by atoms with E-state index in [0.29, 0.717) is 5.92 Å². The summed E-state index contributed by atoms with van der Waals surface area (Å²) in [6.07, 6.45) is 2.86. The van der Waals surface area contributed by atoms with Crippen molar-refractivity contribution in [1.29, 1.82) is 0 Å². The second-order valence-corrected chi connectivity index (χ2v) is 5.42. The highest BCUT2D eigenvalue weighted by molar-refractivity contribution is 7.09. The van der Waals surface area contributed by atoms with E-state index in [1.165, 1.54) is 0 Å². The Hall–Kier alpha value is -1.43. The van der Waals surface area contributed by atoms with Crippen LogP contribution in [0.15, 0.2) is 11.6 Å². The quantitative estimate of drug-likeness (QED) is 0.887. The summed E-state index contributed by atoms with van der Waals surface area (Å²) in [6.45, 7) is 5.15. The molecular formula is C11H15N5S. The molecule has 17 heavy (non-hydrogen) atoms. The van der Waals surface area contributed by atoms with Crippen LogP contribution in [0.2, 0.25) is 0 Å². The first-order chi connectivity index (χ1) is 8.25. The zero-order chi connectivity index (χ0) is 11.8. The average Bonchev–Trinajstić information content (AvgIpc) is 2.97. The number of rotatable bonds is 2. The smallest absolute Gasteiger partial charge is 0.222 e. The van der Waals surface area contributed by atoms with Gasteiger partial charge in [0.1, 0.15) is 11.0 Å². The van der Waals surface area contributed by atoms with Gasteiger partial charge in [0.2, 0.25) is 5.95 Å². The standard InChI is InChI=1S/C11H15N5S/c1-7(2)9-14-11-13-4-3-8(16(11)15-9)10-12-5-6-17-10/h5-8H,3-4H2,1-2H3,(H,13,14,15). The number of nitrogens with one attached hydrogen (secondary N) is 1. The molecule has 0 radical (unpaired) electrons. The number of fused-ring (bicyclic) bond motifs is 1. The van der Waals surface area contributed by atoms with Crippen LogP contribution in [-0.4, -0.2) is 26.3 Å². The van der Waals surface area contributed by atoms with Crippen LogP contribution in [0.25, 0.3) is 0 Å². The van der Waals surface area contributed by atoms with E-state index in [-0.39, 0.29) is 6.04 Å². The molecule has 1 atom stereocenters. The molecule has 0 spiro atoms. The lowest BCUT2D eigenvalue weighted by atomic mass is 10.2. The number of thiazole rings is 1. The van der Waals surface area contributed by atoms with E-state index < -0.39 is 0 Å². The van der Waals surface area contributed by atoms with Crippen molar-refractivity contribution >= 4 is 17.3 Å². The molecule has 90 valence electrons. The molecule has 0 amide bonds. The lowest BCUT2D eigenvalue weighted by molar-refractivity contribution is 0.473. The molecule has 1 N–H and O–H groups in total. The first-order valence-corrected chi connectivity index (χ1v) is 6.73. The van der Waals surface area contributed by atoms with Crippen LogP contribution >= 0.6 is 11.3 Å². The van der Waals surface area contributed by atoms with E-state index in [0.717, 1.165) is 29.7 Å². The van der Waals surface area contributed by atoms with Crippen LogP contribution in [0.5, 0.6) is 0 Å². The Labute approximate surface area is 104 Å². The third-order valence-corrected chi connectivity index (χ3v) is 3.77. The van der Waals surface area contributed by atoms with Crippen molar-refractivity contribution in [2.45, 2.75) is 32.2 Å². The first-order valence-electron chi connectivity index (χ1n) is 5.85. The summed E-state index contributed by atoms with van der Waals surface area (Å²) in [5, 5.41) is 11.0. The molecule has 0 aliphatic carbocycles. The number of nitrogens with zero attached hydrogens (tertiary/aromatic N) is 4. The van der Waals surface area contributed by atoms with E-state index in [1.807, 2.05) is 16.3 Å². The van der Waals surface area contributed by atoms with Gasteiger partial charge in [-0.05, 0) is 6.42 Å². The monoisotopic (exact) mass is 249 g/mol. The van der Waals surface area contributed by atoms with Gasteiger partial charge in [-0.2, -0.15) is 10.1 Å². The van der Waals surface area contributed by atoms with E-state index in [4.69, 9.17) is 0 Å². The van der Waals surface area contributed by atoms with Crippen molar-refractivity contribution in [2.24, 2.45) is 0 Å². The van der Waals surface area contributed by atoms with Crippen molar-refractivity contribution in [2.75, 3.05) is 11.9 Å². The van der Waals surface area contributed by atoms with Gasteiger partial charge in [-0.3, -0.25) is 0 Å². The number of anilines is 1. The van der Waals surface area contributed by atoms with Crippen LogP contribution in [0, 0.1) is 0 Å². The van der Waals surface area contributed by atoms with Gasteiger partial charge in [-0.15, -0.1) is 11.3 Å². The molecule has 6 heteroatoms. The normalized spacial score (nSPS) is 19.1. The molecule has 0 bridgehead atoms. The summed E-state index contributed by atoms with van der Waals surface area (Å²) in [7, 11) is 0. The molecule has 3 heterocycles. The number of hydrogen-bond donors (Lipinski definition) is 1. The predicted molar refractivity (Wildman–Crippen MR) is 67.5 cm³/mol. The Morgan fingerprint density at radius 3 is 3.12 bits per heavy atom. The molecule has 2 aromatic rings. The Morgan fingerprint density at radius 1 is 1.53 bits per heavy atom. The van der Waals surface area contributed by atoms with Gasteiger partial charge < -0.3 is 5.32 Å². The molecule has 3 rings (SSSR count). The third kappa shape index (κ3) is 1.82. The SMILES string of the molecule is CC(C)c1nc2n(n1)C(c1nccs1)CCN2. The average molecular weight is 249 g/mol. The van der Waals surface area contributed by atoms with Gasteiger partial charge in [0.05, 0.1) is 0 Å². The summed E-state index contributed by atoms with van der Waals surface area (Å²) < 4.78 is 1.98. The highest BCUT2D eigenvalue weighted by Gasteiger charge is 2.26. The van der Waals surface area contributed by atoms with Crippen molar-refractivity contribution in [3.63, 3.8) is 0 Å². The summed E-state index contributed by atoms with van der Waals surface area (Å²) in [4.78, 5) is 8.92. The van der Waals surface area contributed by atoms with Crippen molar-refractivity contribution < 1.29 is 0 Å². The topological polar surface area (TPSA) is 55.6 Å². The molecular weight excluding hydrogens is 234 g/mol. The second-order valence-electron chi connectivity index (χ2n) is 4.49. The highest BCUT2D eigenvalue weighted by Crippen LogP contribution is 2.30. The predicted octanol–water partition coefficient (Wildman–Crippen LogP) is 2.26. The highest BCUT2D eigenvalue weighted by atomic mass is 32.1. The maximum atomic E-state index is 4.60. The Kier molecular flexibility index (Phi) is 2.58. The minimum atomic E-state index is 0.242. The molecule has 0 aromatic carbocycles. The van der Waals surface area contributed by atoms with Gasteiger partial charge in [-0.25, -0.2) is 9.67 Å². The van der Waals surface area contributed by atoms with Gasteiger partial charge in [0, 0.05) is 24.0 Å². The molecule has 0 fully saturated rings. The minimum Gasteiger partial charge on any atom is -0.354 e. The zero-order valence-corrected chi connectivity index (χ0v) is 10.7. The molecule has 1 aliphatic heterocycles.